The first-order valence-corrected chi connectivity index (χ1v) is 11.9. The number of furan rings is 1. The van der Waals surface area contributed by atoms with Gasteiger partial charge in [0.15, 0.2) is 0 Å². The van der Waals surface area contributed by atoms with Gasteiger partial charge in [-0.2, -0.15) is 5.10 Å². The van der Waals surface area contributed by atoms with E-state index in [1.165, 1.54) is 0 Å². The smallest absolute Gasteiger partial charge is 0.224 e. The van der Waals surface area contributed by atoms with Crippen molar-refractivity contribution in [1.29, 1.82) is 0 Å². The van der Waals surface area contributed by atoms with Gasteiger partial charge in [0.25, 0.3) is 0 Å². The van der Waals surface area contributed by atoms with Crippen molar-refractivity contribution in [3.05, 3.63) is 79.5 Å². The van der Waals surface area contributed by atoms with Gasteiger partial charge in [0.05, 0.1) is 35.6 Å². The molecule has 0 spiro atoms. The molecule has 1 amide bonds. The number of hydrogen-bond acceptors (Lipinski definition) is 4. The van der Waals surface area contributed by atoms with Crippen LogP contribution < -0.4 is 5.32 Å². The first kappa shape index (κ1) is 21.9. The number of nitrogens with one attached hydrogen (secondary N) is 3. The highest BCUT2D eigenvalue weighted by atomic mass is 16.3. The lowest BCUT2D eigenvalue weighted by Crippen LogP contribution is -2.13. The Morgan fingerprint density at radius 3 is 2.72 bits per heavy atom. The Bertz CT molecular complexity index is 1690. The average molecular weight is 476 g/mol. The van der Waals surface area contributed by atoms with Gasteiger partial charge in [-0.15, -0.1) is 0 Å². The third-order valence-corrected chi connectivity index (χ3v) is 6.26. The molecule has 3 N–H and O–H groups in total. The summed E-state index contributed by atoms with van der Waals surface area (Å²) in [7, 11) is 0. The van der Waals surface area contributed by atoms with Crippen LogP contribution in [0.3, 0.4) is 0 Å². The summed E-state index contributed by atoms with van der Waals surface area (Å²) in [6.07, 6.45) is 7.39. The Morgan fingerprint density at radius 1 is 0.972 bits per heavy atom. The predicted octanol–water partition coefficient (Wildman–Crippen LogP) is 7.02. The summed E-state index contributed by atoms with van der Waals surface area (Å²) >= 11 is 0. The van der Waals surface area contributed by atoms with Crippen molar-refractivity contribution in [1.82, 2.24) is 20.2 Å². The molecule has 0 saturated carbocycles. The van der Waals surface area contributed by atoms with E-state index in [2.05, 4.69) is 49.7 Å². The van der Waals surface area contributed by atoms with Crippen LogP contribution in [-0.4, -0.2) is 26.1 Å². The van der Waals surface area contributed by atoms with Crippen molar-refractivity contribution >= 4 is 33.4 Å². The van der Waals surface area contributed by atoms with Gasteiger partial charge in [-0.05, 0) is 53.4 Å². The molecular weight excluding hydrogens is 450 g/mol. The number of anilines is 1. The Hall–Kier alpha value is -4.65. The minimum Gasteiger partial charge on any atom is -0.472 e. The van der Waals surface area contributed by atoms with Crippen LogP contribution >= 0.6 is 0 Å². The zero-order chi connectivity index (χ0) is 24.6. The number of aromatic nitrogens is 4. The predicted molar refractivity (Wildman–Crippen MR) is 142 cm³/mol. The quantitative estimate of drug-likeness (QED) is 0.241. The van der Waals surface area contributed by atoms with Gasteiger partial charge in [-0.25, -0.2) is 0 Å². The highest BCUT2D eigenvalue weighted by Gasteiger charge is 2.15. The fraction of sp³-hybridized carbons (Fsp3) is 0.138. The minimum atomic E-state index is -0.00914. The summed E-state index contributed by atoms with van der Waals surface area (Å²) in [6.45, 7) is 4.05. The number of carbonyl (C=O) groups is 1. The maximum atomic E-state index is 12.2. The molecule has 4 aromatic heterocycles. The van der Waals surface area contributed by atoms with Crippen LogP contribution in [-0.2, 0) is 4.79 Å². The Kier molecular flexibility index (Phi) is 5.37. The average Bonchev–Trinajstić information content (AvgIpc) is 3.62. The fourth-order valence-electron chi connectivity index (χ4n) is 4.60. The molecule has 6 aromatic rings. The van der Waals surface area contributed by atoms with Gasteiger partial charge < -0.3 is 14.7 Å². The molecule has 0 atom stereocenters. The van der Waals surface area contributed by atoms with Crippen molar-refractivity contribution in [2.75, 3.05) is 5.32 Å². The molecule has 0 saturated heterocycles. The lowest BCUT2D eigenvalue weighted by atomic mass is 10.0. The summed E-state index contributed by atoms with van der Waals surface area (Å²) in [5, 5.41) is 12.8. The monoisotopic (exact) mass is 475 g/mol. The van der Waals surface area contributed by atoms with Gasteiger partial charge >= 0.3 is 0 Å². The maximum absolute atomic E-state index is 12.2. The zero-order valence-electron chi connectivity index (χ0n) is 20.0. The second-order valence-electron chi connectivity index (χ2n) is 9.40. The van der Waals surface area contributed by atoms with Crippen LogP contribution in [0.25, 0.3) is 55.4 Å². The number of nitrogens with zero attached hydrogens (tertiary/aromatic N) is 2. The molecule has 2 aromatic carbocycles. The fourth-order valence-corrected chi connectivity index (χ4v) is 4.60. The molecule has 6 rings (SSSR count). The molecule has 0 fully saturated rings. The van der Waals surface area contributed by atoms with Crippen molar-refractivity contribution in [2.24, 2.45) is 5.92 Å². The van der Waals surface area contributed by atoms with Crippen LogP contribution in [0.2, 0.25) is 0 Å². The molecule has 7 heteroatoms. The van der Waals surface area contributed by atoms with Crippen LogP contribution in [0.15, 0.2) is 83.9 Å². The summed E-state index contributed by atoms with van der Waals surface area (Å²) in [6, 6.07) is 18.4. The Morgan fingerprint density at radius 2 is 1.89 bits per heavy atom. The summed E-state index contributed by atoms with van der Waals surface area (Å²) in [5.41, 5.74) is 8.49. The number of rotatable bonds is 6. The zero-order valence-corrected chi connectivity index (χ0v) is 20.0. The van der Waals surface area contributed by atoms with E-state index < -0.39 is 0 Å². The summed E-state index contributed by atoms with van der Waals surface area (Å²) in [5.74, 6) is 0.286. The molecule has 0 aliphatic heterocycles. The van der Waals surface area contributed by atoms with E-state index >= 15 is 0 Å². The van der Waals surface area contributed by atoms with Crippen LogP contribution in [0.5, 0.6) is 0 Å². The highest BCUT2D eigenvalue weighted by Crippen LogP contribution is 2.35. The number of pyridine rings is 1. The molecule has 36 heavy (non-hydrogen) atoms. The Labute approximate surface area is 207 Å². The summed E-state index contributed by atoms with van der Waals surface area (Å²) in [4.78, 5) is 20.1. The van der Waals surface area contributed by atoms with Gasteiger partial charge in [0.2, 0.25) is 5.91 Å². The van der Waals surface area contributed by atoms with Crippen molar-refractivity contribution in [3.8, 4) is 33.6 Å². The van der Waals surface area contributed by atoms with E-state index in [1.807, 2.05) is 44.2 Å². The molecule has 4 heterocycles. The van der Waals surface area contributed by atoms with E-state index in [4.69, 9.17) is 4.42 Å². The minimum absolute atomic E-state index is 0.00914. The third-order valence-electron chi connectivity index (χ3n) is 6.26. The maximum Gasteiger partial charge on any atom is 0.224 e. The lowest BCUT2D eigenvalue weighted by Gasteiger charge is -2.09. The molecule has 0 bridgehead atoms. The van der Waals surface area contributed by atoms with Crippen LogP contribution in [0.1, 0.15) is 20.3 Å². The number of amides is 1. The number of fused-ring (bicyclic) bond motifs is 2. The molecule has 178 valence electrons. The highest BCUT2D eigenvalue weighted by molar-refractivity contribution is 6.02. The molecule has 0 aliphatic carbocycles. The third kappa shape index (κ3) is 4.05. The second kappa shape index (κ2) is 8.85. The lowest BCUT2D eigenvalue weighted by molar-refractivity contribution is -0.116. The van der Waals surface area contributed by atoms with E-state index in [0.29, 0.717) is 18.0 Å². The number of benzene rings is 2. The van der Waals surface area contributed by atoms with Gasteiger partial charge in [0, 0.05) is 40.0 Å². The van der Waals surface area contributed by atoms with Crippen molar-refractivity contribution < 1.29 is 9.21 Å². The number of hydrogen-bond donors (Lipinski definition) is 3. The first-order valence-electron chi connectivity index (χ1n) is 11.9. The van der Waals surface area contributed by atoms with E-state index in [1.54, 1.807) is 24.9 Å². The first-order chi connectivity index (χ1) is 17.5. The SMILES string of the molecule is CC(C)CC(=O)Nc1cncc(-c2ccc3[nH]nc(-c4cc5c(-c6ccoc6)cccc5[nH]4)c3c2)c1. The molecule has 7 nitrogen and oxygen atoms in total. The number of H-pyrrole nitrogens is 2. The van der Waals surface area contributed by atoms with Crippen molar-refractivity contribution in [2.45, 2.75) is 20.3 Å². The normalized spacial score (nSPS) is 11.5. The summed E-state index contributed by atoms with van der Waals surface area (Å²) < 4.78 is 5.30. The standard InChI is InChI=1S/C29H25N5O2/c1-17(2)10-28(35)31-21-11-20(14-30-15-21)18-6-7-26-24(12-18)29(34-33-26)27-13-23-22(19-8-9-36-16-19)4-3-5-25(23)32-27/h3-9,11-17,32H,10H2,1-2H3,(H,31,35)(H,33,34). The molecule has 0 radical (unpaired) electrons. The van der Waals surface area contributed by atoms with E-state index in [9.17, 15) is 4.79 Å². The largest absolute Gasteiger partial charge is 0.472 e. The van der Waals surface area contributed by atoms with Gasteiger partial charge in [-0.1, -0.05) is 32.0 Å². The second-order valence-corrected chi connectivity index (χ2v) is 9.40. The van der Waals surface area contributed by atoms with Crippen LogP contribution in [0, 0.1) is 5.92 Å². The van der Waals surface area contributed by atoms with Crippen LogP contribution in [0.4, 0.5) is 5.69 Å². The van der Waals surface area contributed by atoms with Gasteiger partial charge in [0.1, 0.15) is 5.69 Å². The number of aromatic amines is 2. The number of carbonyl (C=O) groups excluding carboxylic acids is 1. The van der Waals surface area contributed by atoms with E-state index in [0.717, 1.165) is 55.4 Å². The van der Waals surface area contributed by atoms with Gasteiger partial charge in [-0.3, -0.25) is 14.9 Å². The molecule has 0 aliphatic rings. The topological polar surface area (TPSA) is 99.6 Å². The van der Waals surface area contributed by atoms with Crippen molar-refractivity contribution in [3.63, 3.8) is 0 Å². The Balaban J connectivity index is 1.38. The molecule has 0 unspecified atom stereocenters. The molecular formula is C29H25N5O2. The van der Waals surface area contributed by atoms with E-state index in [-0.39, 0.29) is 5.91 Å².